The van der Waals surface area contributed by atoms with E-state index in [1.54, 1.807) is 20.8 Å². The van der Waals surface area contributed by atoms with E-state index in [0.29, 0.717) is 12.2 Å². The van der Waals surface area contributed by atoms with E-state index < -0.39 is 12.1 Å². The number of rotatable bonds is 7. The van der Waals surface area contributed by atoms with Crippen LogP contribution in [0.15, 0.2) is 12.2 Å². The third-order valence-electron chi connectivity index (χ3n) is 1.75. The number of carbonyl (C=O) groups excluding carboxylic acids is 2. The van der Waals surface area contributed by atoms with Gasteiger partial charge in [0, 0.05) is 12.2 Å². The first-order valence-corrected chi connectivity index (χ1v) is 5.24. The molecule has 0 saturated heterocycles. The number of amides is 1. The molecule has 0 aromatic rings. The van der Waals surface area contributed by atoms with E-state index in [2.05, 4.69) is 11.9 Å². The second-order valence-corrected chi connectivity index (χ2v) is 3.19. The molecule has 0 rings (SSSR count). The topological polar surface area (TPSA) is 64.6 Å². The summed E-state index contributed by atoms with van der Waals surface area (Å²) in [6.07, 6.45) is -0.756. The van der Waals surface area contributed by atoms with Gasteiger partial charge in [0.1, 0.15) is 0 Å². The summed E-state index contributed by atoms with van der Waals surface area (Å²) in [6, 6.07) is 0. The normalized spacial score (nSPS) is 11.7. The van der Waals surface area contributed by atoms with Gasteiger partial charge in [-0.15, -0.1) is 0 Å². The largest absolute Gasteiger partial charge is 0.464 e. The smallest absolute Gasteiger partial charge is 0.337 e. The van der Waals surface area contributed by atoms with Crippen LogP contribution in [0.25, 0.3) is 0 Å². The third kappa shape index (κ3) is 5.50. The van der Waals surface area contributed by atoms with Crippen molar-refractivity contribution < 1.29 is 19.1 Å². The number of hydrogen-bond donors (Lipinski definition) is 1. The Bertz CT molecular complexity index is 263. The van der Waals surface area contributed by atoms with Crippen LogP contribution in [-0.2, 0) is 19.1 Å². The number of nitrogens with one attached hydrogen (secondary N) is 1. The summed E-state index contributed by atoms with van der Waals surface area (Å²) < 4.78 is 9.98. The fraction of sp³-hybridized carbons (Fsp3) is 0.636. The van der Waals surface area contributed by atoms with E-state index in [-0.39, 0.29) is 19.1 Å². The predicted octanol–water partition coefficient (Wildman–Crippen LogP) is 0.647. The van der Waals surface area contributed by atoms with Crippen LogP contribution in [0.1, 0.15) is 20.8 Å². The van der Waals surface area contributed by atoms with Crippen molar-refractivity contribution in [3.8, 4) is 0 Å². The van der Waals surface area contributed by atoms with E-state index >= 15 is 0 Å². The van der Waals surface area contributed by atoms with Gasteiger partial charge in [0.15, 0.2) is 6.10 Å². The molecule has 5 nitrogen and oxygen atoms in total. The molecule has 92 valence electrons. The van der Waals surface area contributed by atoms with E-state index in [1.165, 1.54) is 0 Å². The highest BCUT2D eigenvalue weighted by Crippen LogP contribution is 1.96. The van der Waals surface area contributed by atoms with Gasteiger partial charge in [-0.1, -0.05) is 6.58 Å². The van der Waals surface area contributed by atoms with Gasteiger partial charge in [0.25, 0.3) is 0 Å². The Kier molecular flexibility index (Phi) is 7.20. The summed E-state index contributed by atoms with van der Waals surface area (Å²) in [4.78, 5) is 22.6. The summed E-state index contributed by atoms with van der Waals surface area (Å²) in [5, 5.41) is 2.54. The first-order valence-electron chi connectivity index (χ1n) is 5.24. The Morgan fingerprint density at radius 1 is 1.31 bits per heavy atom. The van der Waals surface area contributed by atoms with Crippen LogP contribution in [0.2, 0.25) is 0 Å². The van der Waals surface area contributed by atoms with E-state index in [1.807, 2.05) is 0 Å². The van der Waals surface area contributed by atoms with Crippen molar-refractivity contribution in [2.45, 2.75) is 26.9 Å². The SMILES string of the molecule is C=C(C)C(=O)NCC(OCC)C(=O)OCC. The molecule has 0 bridgehead atoms. The van der Waals surface area contributed by atoms with Gasteiger partial charge < -0.3 is 14.8 Å². The second kappa shape index (κ2) is 7.87. The van der Waals surface area contributed by atoms with Crippen molar-refractivity contribution in [2.75, 3.05) is 19.8 Å². The molecule has 1 atom stereocenters. The van der Waals surface area contributed by atoms with Gasteiger partial charge in [0.2, 0.25) is 5.91 Å². The maximum absolute atomic E-state index is 11.4. The molecule has 0 saturated carbocycles. The number of carbonyl (C=O) groups is 2. The molecular weight excluding hydrogens is 210 g/mol. The van der Waals surface area contributed by atoms with Gasteiger partial charge in [-0.2, -0.15) is 0 Å². The van der Waals surface area contributed by atoms with Crippen molar-refractivity contribution in [3.63, 3.8) is 0 Å². The molecule has 1 N–H and O–H groups in total. The molecule has 1 unspecified atom stereocenters. The highest BCUT2D eigenvalue weighted by molar-refractivity contribution is 5.92. The van der Waals surface area contributed by atoms with Gasteiger partial charge in [-0.3, -0.25) is 4.79 Å². The average Bonchev–Trinajstić information content (AvgIpc) is 2.23. The Balaban J connectivity index is 4.17. The van der Waals surface area contributed by atoms with Crippen LogP contribution < -0.4 is 5.32 Å². The highest BCUT2D eigenvalue weighted by Gasteiger charge is 2.20. The summed E-state index contributed by atoms with van der Waals surface area (Å²) in [6.45, 7) is 9.34. The zero-order valence-electron chi connectivity index (χ0n) is 10.0. The first kappa shape index (κ1) is 14.6. The minimum atomic E-state index is -0.756. The Morgan fingerprint density at radius 3 is 2.38 bits per heavy atom. The number of ether oxygens (including phenoxy) is 2. The van der Waals surface area contributed by atoms with E-state index in [0.717, 1.165) is 0 Å². The lowest BCUT2D eigenvalue weighted by Crippen LogP contribution is -2.39. The lowest BCUT2D eigenvalue weighted by molar-refractivity contribution is -0.156. The van der Waals surface area contributed by atoms with Crippen LogP contribution in [0.5, 0.6) is 0 Å². The third-order valence-corrected chi connectivity index (χ3v) is 1.75. The second-order valence-electron chi connectivity index (χ2n) is 3.19. The lowest BCUT2D eigenvalue weighted by atomic mass is 10.3. The van der Waals surface area contributed by atoms with Crippen molar-refractivity contribution in [2.24, 2.45) is 0 Å². The monoisotopic (exact) mass is 229 g/mol. The Hall–Kier alpha value is -1.36. The maximum Gasteiger partial charge on any atom is 0.337 e. The summed E-state index contributed by atoms with van der Waals surface area (Å²) in [5.41, 5.74) is 0.388. The summed E-state index contributed by atoms with van der Waals surface area (Å²) >= 11 is 0. The minimum absolute atomic E-state index is 0.0956. The fourth-order valence-electron chi connectivity index (χ4n) is 0.983. The van der Waals surface area contributed by atoms with Gasteiger partial charge in [-0.05, 0) is 20.8 Å². The molecule has 0 aromatic carbocycles. The zero-order chi connectivity index (χ0) is 12.6. The van der Waals surface area contributed by atoms with Crippen molar-refractivity contribution in [1.29, 1.82) is 0 Å². The molecule has 0 spiro atoms. The molecular formula is C11H19NO4. The summed E-state index contributed by atoms with van der Waals surface area (Å²) in [7, 11) is 0. The van der Waals surface area contributed by atoms with Gasteiger partial charge >= 0.3 is 5.97 Å². The Labute approximate surface area is 95.8 Å². The van der Waals surface area contributed by atoms with Crippen LogP contribution in [-0.4, -0.2) is 37.7 Å². The van der Waals surface area contributed by atoms with Crippen LogP contribution >= 0.6 is 0 Å². The molecule has 0 heterocycles. The van der Waals surface area contributed by atoms with E-state index in [4.69, 9.17) is 9.47 Å². The predicted molar refractivity (Wildman–Crippen MR) is 59.9 cm³/mol. The molecule has 1 amide bonds. The van der Waals surface area contributed by atoms with Crippen LogP contribution in [0, 0.1) is 0 Å². The standard InChI is InChI=1S/C11H19NO4/c1-5-15-9(11(14)16-6-2)7-12-10(13)8(3)4/h9H,3,5-7H2,1-2,4H3,(H,12,13). The van der Waals surface area contributed by atoms with Crippen LogP contribution in [0.4, 0.5) is 0 Å². The molecule has 0 aliphatic heterocycles. The summed E-state index contributed by atoms with van der Waals surface area (Å²) in [5.74, 6) is -0.764. The molecule has 0 aliphatic carbocycles. The quantitative estimate of drug-likeness (QED) is 0.514. The zero-order valence-corrected chi connectivity index (χ0v) is 10.0. The average molecular weight is 229 g/mol. The minimum Gasteiger partial charge on any atom is -0.464 e. The van der Waals surface area contributed by atoms with Gasteiger partial charge in [-0.25, -0.2) is 4.79 Å². The van der Waals surface area contributed by atoms with Crippen molar-refractivity contribution in [1.82, 2.24) is 5.32 Å². The molecule has 0 fully saturated rings. The maximum atomic E-state index is 11.4. The Morgan fingerprint density at radius 2 is 1.94 bits per heavy atom. The molecule has 5 heteroatoms. The molecule has 0 aliphatic rings. The van der Waals surface area contributed by atoms with Crippen molar-refractivity contribution >= 4 is 11.9 Å². The van der Waals surface area contributed by atoms with E-state index in [9.17, 15) is 9.59 Å². The molecule has 0 aromatic heterocycles. The van der Waals surface area contributed by atoms with Gasteiger partial charge in [0.05, 0.1) is 13.2 Å². The van der Waals surface area contributed by atoms with Crippen molar-refractivity contribution in [3.05, 3.63) is 12.2 Å². The molecule has 16 heavy (non-hydrogen) atoms. The number of hydrogen-bond acceptors (Lipinski definition) is 4. The first-order chi connectivity index (χ1) is 7.52. The number of esters is 1. The van der Waals surface area contributed by atoms with Crippen LogP contribution in [0.3, 0.4) is 0 Å². The lowest BCUT2D eigenvalue weighted by Gasteiger charge is -2.16. The highest BCUT2D eigenvalue weighted by atomic mass is 16.6. The molecule has 0 radical (unpaired) electrons. The fourth-order valence-corrected chi connectivity index (χ4v) is 0.983.